The number of ether oxygens (including phenoxy) is 1. The number of Topliss-reactive ketones (excluding diaryl/α,β-unsaturated/α-hetero) is 2. The molecule has 34 heavy (non-hydrogen) atoms. The average molecular weight is 488 g/mol. The number of halogens is 1. The van der Waals surface area contributed by atoms with Gasteiger partial charge in [0.1, 0.15) is 11.2 Å². The van der Waals surface area contributed by atoms with Crippen molar-refractivity contribution in [2.45, 2.75) is 83.8 Å². The summed E-state index contributed by atoms with van der Waals surface area (Å²) in [7, 11) is 0. The zero-order chi connectivity index (χ0) is 25.6. The van der Waals surface area contributed by atoms with Crippen molar-refractivity contribution in [2.24, 2.45) is 5.41 Å². The number of ketones is 3. The van der Waals surface area contributed by atoms with E-state index in [1.54, 1.807) is 20.8 Å². The molecular formula is C26H32ClN2O5+. The van der Waals surface area contributed by atoms with Crippen molar-refractivity contribution in [1.29, 1.82) is 5.53 Å². The molecule has 0 aromatic carbocycles. The van der Waals surface area contributed by atoms with E-state index >= 15 is 0 Å². The van der Waals surface area contributed by atoms with Crippen LogP contribution in [0.1, 0.15) is 67.2 Å². The highest BCUT2D eigenvalue weighted by atomic mass is 35.5. The van der Waals surface area contributed by atoms with Crippen molar-refractivity contribution in [2.75, 3.05) is 0 Å². The third kappa shape index (κ3) is 3.96. The van der Waals surface area contributed by atoms with Crippen LogP contribution in [0.3, 0.4) is 0 Å². The number of rotatable bonds is 5. The van der Waals surface area contributed by atoms with Crippen LogP contribution in [-0.4, -0.2) is 49.5 Å². The largest absolute Gasteiger partial charge is 0.501 e. The molecule has 2 N–H and O–H groups in total. The molecule has 0 unspecified atom stereocenters. The minimum absolute atomic E-state index is 0.0858. The van der Waals surface area contributed by atoms with Gasteiger partial charge in [0.2, 0.25) is 11.5 Å². The maximum Gasteiger partial charge on any atom is 0.417 e. The molecule has 3 aliphatic rings. The van der Waals surface area contributed by atoms with Crippen molar-refractivity contribution in [3.8, 4) is 0 Å². The molecular weight excluding hydrogens is 456 g/mol. The highest BCUT2D eigenvalue weighted by Gasteiger charge is 2.70. The lowest BCUT2D eigenvalue weighted by Gasteiger charge is -2.57. The minimum atomic E-state index is -1.66. The average Bonchev–Trinajstić information content (AvgIpc) is 2.73. The Morgan fingerprint density at radius 2 is 1.82 bits per heavy atom. The number of carbonyl (C=O) groups is 3. The predicted octanol–water partition coefficient (Wildman–Crippen LogP) is 4.77. The van der Waals surface area contributed by atoms with Gasteiger partial charge >= 0.3 is 5.71 Å². The van der Waals surface area contributed by atoms with E-state index in [9.17, 15) is 19.5 Å². The van der Waals surface area contributed by atoms with Crippen LogP contribution in [0.25, 0.3) is 0 Å². The van der Waals surface area contributed by atoms with Crippen LogP contribution in [0.2, 0.25) is 0 Å². The fourth-order valence-electron chi connectivity index (χ4n) is 5.01. The van der Waals surface area contributed by atoms with Crippen LogP contribution < -0.4 is 0 Å². The van der Waals surface area contributed by atoms with Crippen molar-refractivity contribution in [3.05, 3.63) is 46.3 Å². The van der Waals surface area contributed by atoms with Gasteiger partial charge in [0.15, 0.2) is 11.6 Å². The van der Waals surface area contributed by atoms with Gasteiger partial charge in [-0.05, 0) is 60.8 Å². The number of allylic oxidation sites excluding steroid dienone is 6. The first kappa shape index (κ1) is 26.0. The molecule has 2 aliphatic carbocycles. The second kappa shape index (κ2) is 8.88. The summed E-state index contributed by atoms with van der Waals surface area (Å²) in [5.74, 6) is -2.60. The second-order valence-electron chi connectivity index (χ2n) is 10.4. The SMILES string of the molecule is CC(C)=CCC/C(C)=C/C[C@@]12OC(C)(C)[C@H](Cl)C[C@]1(C)C(=O)C1=C(C2=O)C(=[N+]=N)C(O)=CC1=O. The first-order valence-electron chi connectivity index (χ1n) is 11.4. The van der Waals surface area contributed by atoms with E-state index in [1.165, 1.54) is 5.57 Å². The number of hydrogen-bond donors (Lipinski definition) is 2. The van der Waals surface area contributed by atoms with E-state index in [2.05, 4.69) is 10.9 Å². The van der Waals surface area contributed by atoms with E-state index in [4.69, 9.17) is 21.9 Å². The molecule has 3 rings (SSSR count). The van der Waals surface area contributed by atoms with E-state index < -0.39 is 50.8 Å². The summed E-state index contributed by atoms with van der Waals surface area (Å²) in [5.41, 5.74) is 4.63. The van der Waals surface area contributed by atoms with Crippen molar-refractivity contribution >= 4 is 34.7 Å². The Morgan fingerprint density at radius 1 is 1.18 bits per heavy atom. The quantitative estimate of drug-likeness (QED) is 0.144. The van der Waals surface area contributed by atoms with E-state index in [1.807, 2.05) is 26.8 Å². The summed E-state index contributed by atoms with van der Waals surface area (Å²) in [5, 5.41) is 9.66. The van der Waals surface area contributed by atoms with E-state index in [-0.39, 0.29) is 24.0 Å². The van der Waals surface area contributed by atoms with Crippen LogP contribution in [0.5, 0.6) is 0 Å². The Kier molecular flexibility index (Phi) is 6.79. The highest BCUT2D eigenvalue weighted by molar-refractivity contribution is 6.45. The van der Waals surface area contributed by atoms with Crippen molar-refractivity contribution < 1.29 is 29.0 Å². The maximum absolute atomic E-state index is 14.2. The van der Waals surface area contributed by atoms with Gasteiger partial charge in [-0.2, -0.15) is 0 Å². The fourth-order valence-corrected chi connectivity index (χ4v) is 5.36. The molecule has 0 aromatic rings. The summed E-state index contributed by atoms with van der Waals surface area (Å²) in [6, 6.07) is 0. The van der Waals surface area contributed by atoms with Gasteiger partial charge < -0.3 is 9.84 Å². The zero-order valence-corrected chi connectivity index (χ0v) is 21.3. The lowest BCUT2D eigenvalue weighted by atomic mass is 9.54. The molecule has 0 saturated carbocycles. The number of fused-ring (bicyclic) bond motifs is 1. The van der Waals surface area contributed by atoms with Crippen LogP contribution >= 0.6 is 11.6 Å². The second-order valence-corrected chi connectivity index (χ2v) is 10.9. The van der Waals surface area contributed by atoms with Crippen LogP contribution in [-0.2, 0) is 19.1 Å². The van der Waals surface area contributed by atoms with E-state index in [0.717, 1.165) is 24.5 Å². The van der Waals surface area contributed by atoms with Gasteiger partial charge in [-0.1, -0.05) is 23.3 Å². The normalized spacial score (nSPS) is 31.0. The summed E-state index contributed by atoms with van der Waals surface area (Å²) in [6.07, 6.45) is 6.69. The number of nitrogens with zero attached hydrogens (tertiary/aromatic N) is 1. The van der Waals surface area contributed by atoms with Gasteiger partial charge in [-0.25, -0.2) is 0 Å². The van der Waals surface area contributed by atoms with Gasteiger partial charge in [-0.15, -0.1) is 11.6 Å². The molecule has 0 spiro atoms. The summed E-state index contributed by atoms with van der Waals surface area (Å²) in [6.45, 7) is 11.2. The Hall–Kier alpha value is -2.60. The first-order valence-corrected chi connectivity index (χ1v) is 11.8. The number of aliphatic hydroxyl groups is 1. The third-order valence-electron chi connectivity index (χ3n) is 7.18. The highest BCUT2D eigenvalue weighted by Crippen LogP contribution is 2.57. The van der Waals surface area contributed by atoms with Gasteiger partial charge in [0.25, 0.3) is 0 Å². The topological polar surface area (TPSA) is 119 Å². The Labute approximate surface area is 204 Å². The number of alkyl halides is 1. The first-order chi connectivity index (χ1) is 15.7. The Balaban J connectivity index is 2.20. The van der Waals surface area contributed by atoms with Crippen LogP contribution in [0.4, 0.5) is 0 Å². The van der Waals surface area contributed by atoms with Gasteiger partial charge in [-0.3, -0.25) is 14.4 Å². The molecule has 1 fully saturated rings. The smallest absolute Gasteiger partial charge is 0.417 e. The van der Waals surface area contributed by atoms with Crippen molar-refractivity contribution in [3.63, 3.8) is 0 Å². The van der Waals surface area contributed by atoms with E-state index in [0.29, 0.717) is 0 Å². The van der Waals surface area contributed by atoms with Crippen LogP contribution in [0, 0.1) is 10.9 Å². The molecule has 7 nitrogen and oxygen atoms in total. The molecule has 3 atom stereocenters. The maximum atomic E-state index is 14.2. The summed E-state index contributed by atoms with van der Waals surface area (Å²) < 4.78 is 6.45. The summed E-state index contributed by atoms with van der Waals surface area (Å²) in [4.78, 5) is 44.1. The fraction of sp³-hybridized carbons (Fsp3) is 0.538. The van der Waals surface area contributed by atoms with Gasteiger partial charge in [0.05, 0.1) is 32.3 Å². The third-order valence-corrected chi connectivity index (χ3v) is 7.86. The molecule has 0 bridgehead atoms. The Morgan fingerprint density at radius 3 is 2.41 bits per heavy atom. The molecule has 0 radical (unpaired) electrons. The molecule has 182 valence electrons. The monoisotopic (exact) mass is 487 g/mol. The number of aliphatic hydroxyl groups excluding tert-OH is 1. The molecule has 0 amide bonds. The summed E-state index contributed by atoms with van der Waals surface area (Å²) >= 11 is 6.63. The lowest BCUT2D eigenvalue weighted by molar-refractivity contribution is -0.223. The van der Waals surface area contributed by atoms with Crippen molar-refractivity contribution in [1.82, 2.24) is 0 Å². The zero-order valence-electron chi connectivity index (χ0n) is 20.5. The predicted molar refractivity (Wildman–Crippen MR) is 128 cm³/mol. The lowest BCUT2D eigenvalue weighted by Crippen LogP contribution is -2.70. The molecule has 0 aromatic heterocycles. The molecule has 8 heteroatoms. The molecule has 1 saturated heterocycles. The van der Waals surface area contributed by atoms with Crippen LogP contribution in [0.15, 0.2) is 46.3 Å². The molecule has 1 aliphatic heterocycles. The van der Waals surface area contributed by atoms with Gasteiger partial charge in [0, 0.05) is 12.5 Å². The Bertz CT molecular complexity index is 1150. The number of carbonyl (C=O) groups excluding carboxylic acids is 3. The number of nitrogens with one attached hydrogen (secondary N) is 1. The molecule has 1 heterocycles. The number of hydrogen-bond acceptors (Lipinski definition) is 6. The minimum Gasteiger partial charge on any atom is -0.501 e. The standard InChI is InChI=1S/C26H31ClN2O5/c1-14(2)8-7-9-15(3)10-11-26-23(33)20-19(16(30)12-17(31)21(20)29-28)22(32)25(26,6)13-18(27)24(4,5)34-26/h8,10,12,18,28H,7,9,11,13H2,1-6H3/p+1/b15-10+/t18-,25-,26+/m1/s1.